The van der Waals surface area contributed by atoms with E-state index in [1.54, 1.807) is 72.5 Å². The molecule has 0 aromatic heterocycles. The van der Waals surface area contributed by atoms with Crippen molar-refractivity contribution in [3.63, 3.8) is 0 Å². The lowest BCUT2D eigenvalue weighted by Crippen LogP contribution is -2.61. The van der Waals surface area contributed by atoms with Crippen LogP contribution in [0.4, 0.5) is 4.39 Å². The number of rotatable bonds is 16. The average Bonchev–Trinajstić information content (AvgIpc) is 3.31. The van der Waals surface area contributed by atoms with Crippen LogP contribution in [-0.4, -0.2) is 182 Å². The number of amides is 1. The lowest BCUT2D eigenvalue weighted by atomic mass is 9.74. The number of sulfone groups is 1. The van der Waals surface area contributed by atoms with Gasteiger partial charge in [0.1, 0.15) is 36.4 Å². The molecule has 0 bridgehead atoms. The van der Waals surface area contributed by atoms with Crippen LogP contribution in [0.5, 0.6) is 0 Å². The molecule has 0 saturated carbocycles. The van der Waals surface area contributed by atoms with Gasteiger partial charge in [-0.05, 0) is 92.0 Å². The number of carbonyl (C=O) groups is 3. The van der Waals surface area contributed by atoms with Crippen LogP contribution in [-0.2, 0) is 63.8 Å². The maximum Gasteiger partial charge on any atom is 0.311 e. The second kappa shape index (κ2) is 24.5. The SMILES string of the molecule is CC[C@H]1OC(=O)[C@H](C)[C@@H](O[C@H]2CC(C)(OC)[C@@H](O)[C@H](C)O2)[C@H](C)[C@@H](O[C@@H]2O[C@H](C)C[C@H](N(C)CCC(=O)N[C@H](CF)Cc3ccc(S(C)(=O)=O)cc3)[C@H]2O)C(C)(OC)C[C@@H](C)C(=O)[C@H](C)[C@@H](O)C1(C)O. The Hall–Kier alpha value is -2.73. The van der Waals surface area contributed by atoms with Crippen LogP contribution >= 0.6 is 0 Å². The van der Waals surface area contributed by atoms with Gasteiger partial charge in [0.15, 0.2) is 22.4 Å². The summed E-state index contributed by atoms with van der Waals surface area (Å²) in [5.41, 5.74) is -3.89. The summed E-state index contributed by atoms with van der Waals surface area (Å²) in [5.74, 6) is -5.46. The Morgan fingerprint density at radius 3 is 2.10 bits per heavy atom. The highest BCUT2D eigenvalue weighted by Crippen LogP contribution is 2.42. The van der Waals surface area contributed by atoms with Crippen molar-refractivity contribution in [2.45, 2.75) is 203 Å². The Kier molecular flexibility index (Phi) is 21.0. The molecular weight excluding hydrogens is 936 g/mol. The van der Waals surface area contributed by atoms with E-state index >= 15 is 0 Å². The summed E-state index contributed by atoms with van der Waals surface area (Å²) in [4.78, 5) is 43.8. The molecule has 3 heterocycles. The van der Waals surface area contributed by atoms with E-state index in [9.17, 15) is 47.6 Å². The van der Waals surface area contributed by atoms with E-state index in [-0.39, 0.29) is 43.5 Å². The fraction of sp³-hybridized carbons (Fsp3) is 0.820. The zero-order valence-corrected chi connectivity index (χ0v) is 44.4. The number of halogens is 1. The molecule has 0 aliphatic carbocycles. The number of alkyl halides is 1. The molecule has 402 valence electrons. The van der Waals surface area contributed by atoms with Crippen molar-refractivity contribution in [3.8, 4) is 0 Å². The Labute approximate surface area is 414 Å². The minimum atomic E-state index is -3.41. The van der Waals surface area contributed by atoms with Gasteiger partial charge in [0.25, 0.3) is 0 Å². The molecule has 1 aromatic rings. The molecule has 1 aromatic carbocycles. The van der Waals surface area contributed by atoms with E-state index in [1.807, 2.05) is 6.92 Å². The first-order valence-corrected chi connectivity index (χ1v) is 26.4. The Bertz CT molecular complexity index is 2000. The van der Waals surface area contributed by atoms with Crippen molar-refractivity contribution < 1.29 is 80.8 Å². The monoisotopic (exact) mass is 1020 g/mol. The topological polar surface area (TPSA) is 246 Å². The Balaban J connectivity index is 1.68. The largest absolute Gasteiger partial charge is 0.459 e. The minimum absolute atomic E-state index is 0.00679. The molecule has 0 spiro atoms. The summed E-state index contributed by atoms with van der Waals surface area (Å²) in [6, 6.07) is 4.57. The van der Waals surface area contributed by atoms with E-state index in [2.05, 4.69) is 5.32 Å². The fourth-order valence-corrected chi connectivity index (χ4v) is 11.2. The van der Waals surface area contributed by atoms with Crippen molar-refractivity contribution in [1.82, 2.24) is 10.2 Å². The van der Waals surface area contributed by atoms with Crippen LogP contribution in [0.1, 0.15) is 107 Å². The van der Waals surface area contributed by atoms with Crippen molar-refractivity contribution >= 4 is 27.5 Å². The molecule has 19 atom stereocenters. The van der Waals surface area contributed by atoms with E-state index in [0.717, 1.165) is 6.26 Å². The Morgan fingerprint density at radius 1 is 0.929 bits per heavy atom. The third-order valence-corrected chi connectivity index (χ3v) is 16.4. The molecule has 0 radical (unpaired) electrons. The maximum atomic E-state index is 14.4. The van der Waals surface area contributed by atoms with Gasteiger partial charge in [-0.1, -0.05) is 39.8 Å². The number of carbonyl (C=O) groups excluding carboxylic acids is 3. The average molecular weight is 1020 g/mol. The van der Waals surface area contributed by atoms with Gasteiger partial charge < -0.3 is 63.8 Å². The lowest BCUT2D eigenvalue weighted by molar-refractivity contribution is -0.319. The van der Waals surface area contributed by atoms with Crippen LogP contribution in [0.25, 0.3) is 0 Å². The summed E-state index contributed by atoms with van der Waals surface area (Å²) in [6.45, 7) is 15.9. The summed E-state index contributed by atoms with van der Waals surface area (Å²) in [5, 5.41) is 49.3. The molecule has 4 rings (SSSR count). The summed E-state index contributed by atoms with van der Waals surface area (Å²) >= 11 is 0. The number of cyclic esters (lactones) is 1. The lowest BCUT2D eigenvalue weighted by Gasteiger charge is -2.50. The van der Waals surface area contributed by atoms with Gasteiger partial charge in [-0.3, -0.25) is 14.4 Å². The van der Waals surface area contributed by atoms with Gasteiger partial charge in [-0.25, -0.2) is 12.8 Å². The van der Waals surface area contributed by atoms with Crippen molar-refractivity contribution in [2.75, 3.05) is 40.7 Å². The van der Waals surface area contributed by atoms with Crippen molar-refractivity contribution in [3.05, 3.63) is 29.8 Å². The molecule has 70 heavy (non-hydrogen) atoms. The number of hydrogen-bond acceptors (Lipinski definition) is 17. The quantitative estimate of drug-likeness (QED) is 0.149. The van der Waals surface area contributed by atoms with Crippen LogP contribution < -0.4 is 5.32 Å². The number of benzene rings is 1. The zero-order chi connectivity index (χ0) is 52.8. The Morgan fingerprint density at radius 2 is 1.54 bits per heavy atom. The fourth-order valence-electron chi connectivity index (χ4n) is 10.6. The number of ketones is 1. The maximum absolute atomic E-state index is 14.4. The summed E-state index contributed by atoms with van der Waals surface area (Å²) < 4.78 is 82.3. The zero-order valence-electron chi connectivity index (χ0n) is 43.6. The predicted octanol–water partition coefficient (Wildman–Crippen LogP) is 3.30. The highest BCUT2D eigenvalue weighted by atomic mass is 32.2. The van der Waals surface area contributed by atoms with Gasteiger partial charge >= 0.3 is 5.97 Å². The molecule has 3 aliphatic heterocycles. The van der Waals surface area contributed by atoms with Gasteiger partial charge in [0.2, 0.25) is 5.91 Å². The molecule has 3 unspecified atom stereocenters. The molecule has 3 aliphatic rings. The third-order valence-electron chi connectivity index (χ3n) is 15.2. The first kappa shape index (κ1) is 59.8. The molecule has 20 heteroatoms. The number of aliphatic hydroxyl groups excluding tert-OH is 3. The molecule has 1 amide bonds. The number of nitrogens with one attached hydrogen (secondary N) is 1. The van der Waals surface area contributed by atoms with Crippen LogP contribution in [0.15, 0.2) is 29.2 Å². The van der Waals surface area contributed by atoms with Crippen LogP contribution in [0.2, 0.25) is 0 Å². The smallest absolute Gasteiger partial charge is 0.311 e. The van der Waals surface area contributed by atoms with E-state index in [1.165, 1.54) is 40.2 Å². The molecular formula is C50H83FN2O16S. The second-order valence-electron chi connectivity index (χ2n) is 20.9. The number of methoxy groups -OCH3 is 2. The van der Waals surface area contributed by atoms with E-state index in [4.69, 9.17) is 33.2 Å². The standard InChI is InChI=1S/C50H83FN2O16S/c1-15-37-50(10,60)43(57)29(4)40(55)27(2)24-49(9,64-13)45(30(5)42(31(6)46(59)67-37)68-39-25-48(8,63-12)44(58)32(7)66-39)69-47-41(56)36(22-28(3)65-47)53(11)21-20-38(54)52-34(26-51)23-33-16-18-35(19-17-33)70(14,61)62/h16-19,27-32,34,36-37,39,41-45,47,56-58,60H,15,20-26H2,1-14H3,(H,52,54)/t27-,28-,29+,30+,31-,32+,34+,36+,37-,39+,41-,42+,43-,44+,45-,47+,48?,49?,50?/m1/s1. The van der Waals surface area contributed by atoms with Gasteiger partial charge in [-0.15, -0.1) is 0 Å². The number of nitrogens with zero attached hydrogens (tertiary/aromatic N) is 1. The first-order valence-electron chi connectivity index (χ1n) is 24.6. The minimum Gasteiger partial charge on any atom is -0.459 e. The van der Waals surface area contributed by atoms with Crippen molar-refractivity contribution in [2.24, 2.45) is 23.7 Å². The third kappa shape index (κ3) is 14.1. The number of hydrogen-bond donors (Lipinski definition) is 5. The number of Topliss-reactive ketones (excluding diaryl/α,β-unsaturated/α-hetero) is 1. The number of likely N-dealkylation sites (N-methyl/N-ethyl adjacent to an activating group) is 1. The summed E-state index contributed by atoms with van der Waals surface area (Å²) in [6.07, 6.45) is -9.39. The molecule has 18 nitrogen and oxygen atoms in total. The number of aliphatic hydroxyl groups is 4. The normalized spacial score (nSPS) is 40.0. The highest BCUT2D eigenvalue weighted by molar-refractivity contribution is 7.90. The van der Waals surface area contributed by atoms with Crippen LogP contribution in [0, 0.1) is 23.7 Å². The molecule has 3 fully saturated rings. The van der Waals surface area contributed by atoms with E-state index < -0.39 is 148 Å². The molecule has 3 saturated heterocycles. The first-order chi connectivity index (χ1) is 32.5. The number of esters is 1. The van der Waals surface area contributed by atoms with Gasteiger partial charge in [0.05, 0.1) is 58.6 Å². The number of ether oxygens (including phenoxy) is 7. The summed E-state index contributed by atoms with van der Waals surface area (Å²) in [7, 11) is 1.25. The highest BCUT2D eigenvalue weighted by Gasteiger charge is 2.54. The van der Waals surface area contributed by atoms with Crippen LogP contribution in [0.3, 0.4) is 0 Å². The van der Waals surface area contributed by atoms with Gasteiger partial charge in [-0.2, -0.15) is 0 Å². The second-order valence-corrected chi connectivity index (χ2v) is 23.0. The predicted molar refractivity (Wildman–Crippen MR) is 256 cm³/mol. The molecule has 5 N–H and O–H groups in total. The van der Waals surface area contributed by atoms with E-state index in [0.29, 0.717) is 12.0 Å². The van der Waals surface area contributed by atoms with Crippen molar-refractivity contribution in [1.29, 1.82) is 0 Å². The van der Waals surface area contributed by atoms with Gasteiger partial charge in [0, 0.05) is 63.7 Å².